The fraction of sp³-hybridized carbons (Fsp3) is 0.933. The van der Waals surface area contributed by atoms with E-state index in [0.29, 0.717) is 6.42 Å². The molecule has 0 aliphatic heterocycles. The van der Waals surface area contributed by atoms with Crippen molar-refractivity contribution in [2.75, 3.05) is 7.11 Å². The molecule has 0 amide bonds. The highest BCUT2D eigenvalue weighted by Crippen LogP contribution is 2.50. The van der Waals surface area contributed by atoms with Crippen molar-refractivity contribution >= 4 is 5.97 Å². The standard InChI is InChI=1S/C15H25F3O2/c1-20-13(19)14(11-12-14)9-7-5-3-2-4-6-8-10-15(16,17)18/h2-12H2,1H3. The molecular weight excluding hydrogens is 269 g/mol. The van der Waals surface area contributed by atoms with Crippen LogP contribution >= 0.6 is 0 Å². The Kier molecular flexibility index (Phi) is 6.83. The van der Waals surface area contributed by atoms with Crippen molar-refractivity contribution in [2.45, 2.75) is 76.8 Å². The predicted molar refractivity (Wildman–Crippen MR) is 71.3 cm³/mol. The van der Waals surface area contributed by atoms with E-state index in [1.54, 1.807) is 0 Å². The molecule has 5 heteroatoms. The third-order valence-electron chi connectivity index (χ3n) is 4.09. The Labute approximate surface area is 119 Å². The zero-order chi connectivity index (χ0) is 15.1. The minimum Gasteiger partial charge on any atom is -0.469 e. The molecule has 0 aromatic heterocycles. The van der Waals surface area contributed by atoms with Crippen molar-refractivity contribution in [1.29, 1.82) is 0 Å². The first kappa shape index (κ1) is 17.3. The van der Waals surface area contributed by atoms with Crippen LogP contribution < -0.4 is 0 Å². The van der Waals surface area contributed by atoms with Crippen molar-refractivity contribution < 1.29 is 22.7 Å². The molecule has 0 saturated heterocycles. The number of unbranched alkanes of at least 4 members (excludes halogenated alkanes) is 6. The van der Waals surface area contributed by atoms with Crippen LogP contribution in [0.2, 0.25) is 0 Å². The molecule has 0 spiro atoms. The molecule has 1 rings (SSSR count). The van der Waals surface area contributed by atoms with Gasteiger partial charge in [-0.3, -0.25) is 4.79 Å². The van der Waals surface area contributed by atoms with Crippen LogP contribution in [0.25, 0.3) is 0 Å². The van der Waals surface area contributed by atoms with E-state index in [4.69, 9.17) is 4.74 Å². The van der Waals surface area contributed by atoms with Crippen molar-refractivity contribution in [3.05, 3.63) is 0 Å². The molecule has 1 aliphatic carbocycles. The summed E-state index contributed by atoms with van der Waals surface area (Å²) in [6.45, 7) is 0. The summed E-state index contributed by atoms with van der Waals surface area (Å²) in [5.41, 5.74) is -0.193. The Morgan fingerprint density at radius 2 is 1.50 bits per heavy atom. The van der Waals surface area contributed by atoms with Gasteiger partial charge in [0.15, 0.2) is 0 Å². The maximum Gasteiger partial charge on any atom is 0.389 e. The highest BCUT2D eigenvalue weighted by molar-refractivity contribution is 5.79. The van der Waals surface area contributed by atoms with E-state index in [1.165, 1.54) is 7.11 Å². The molecule has 118 valence electrons. The van der Waals surface area contributed by atoms with Crippen molar-refractivity contribution in [2.24, 2.45) is 5.41 Å². The third kappa shape index (κ3) is 6.62. The first-order valence-electron chi connectivity index (χ1n) is 7.55. The highest BCUT2D eigenvalue weighted by Gasteiger charge is 2.50. The smallest absolute Gasteiger partial charge is 0.389 e. The van der Waals surface area contributed by atoms with Crippen LogP contribution in [0.15, 0.2) is 0 Å². The van der Waals surface area contributed by atoms with E-state index < -0.39 is 12.6 Å². The molecule has 0 N–H and O–H groups in total. The zero-order valence-electron chi connectivity index (χ0n) is 12.2. The summed E-state index contributed by atoms with van der Waals surface area (Å²) in [5, 5.41) is 0. The number of esters is 1. The van der Waals surface area contributed by atoms with Crippen LogP contribution in [0.1, 0.15) is 70.6 Å². The van der Waals surface area contributed by atoms with Crippen molar-refractivity contribution in [3.63, 3.8) is 0 Å². The fourth-order valence-corrected chi connectivity index (χ4v) is 2.60. The van der Waals surface area contributed by atoms with E-state index in [2.05, 4.69) is 0 Å². The van der Waals surface area contributed by atoms with Gasteiger partial charge in [-0.05, 0) is 25.7 Å². The van der Waals surface area contributed by atoms with Gasteiger partial charge in [-0.15, -0.1) is 0 Å². The van der Waals surface area contributed by atoms with E-state index in [0.717, 1.165) is 51.4 Å². The number of hydrogen-bond acceptors (Lipinski definition) is 2. The summed E-state index contributed by atoms with van der Waals surface area (Å²) in [4.78, 5) is 11.5. The van der Waals surface area contributed by atoms with Gasteiger partial charge in [0.25, 0.3) is 0 Å². The lowest BCUT2D eigenvalue weighted by molar-refractivity contribution is -0.147. The molecule has 1 aliphatic rings. The second-order valence-corrected chi connectivity index (χ2v) is 5.86. The summed E-state index contributed by atoms with van der Waals surface area (Å²) in [7, 11) is 1.43. The van der Waals surface area contributed by atoms with Crippen LogP contribution in [0, 0.1) is 5.41 Å². The average Bonchev–Trinajstić information content (AvgIpc) is 3.15. The van der Waals surface area contributed by atoms with Crippen LogP contribution in [0.3, 0.4) is 0 Å². The molecule has 1 fully saturated rings. The van der Waals surface area contributed by atoms with Gasteiger partial charge in [0.2, 0.25) is 0 Å². The molecule has 1 saturated carbocycles. The van der Waals surface area contributed by atoms with Gasteiger partial charge in [-0.2, -0.15) is 13.2 Å². The average molecular weight is 294 g/mol. The van der Waals surface area contributed by atoms with Gasteiger partial charge in [0, 0.05) is 6.42 Å². The maximum absolute atomic E-state index is 11.9. The largest absolute Gasteiger partial charge is 0.469 e. The highest BCUT2D eigenvalue weighted by atomic mass is 19.4. The second kappa shape index (κ2) is 7.89. The van der Waals surface area contributed by atoms with Gasteiger partial charge in [-0.25, -0.2) is 0 Å². The molecule has 20 heavy (non-hydrogen) atoms. The Morgan fingerprint density at radius 1 is 1.00 bits per heavy atom. The summed E-state index contributed by atoms with van der Waals surface area (Å²) in [5.74, 6) is -0.0790. The van der Waals surface area contributed by atoms with Gasteiger partial charge >= 0.3 is 12.1 Å². The van der Waals surface area contributed by atoms with Crippen molar-refractivity contribution in [3.8, 4) is 0 Å². The predicted octanol–water partition coefficient (Wildman–Crippen LogP) is 5.01. The summed E-state index contributed by atoms with van der Waals surface area (Å²) in [6.07, 6.45) is 3.99. The number of methoxy groups -OCH3 is 1. The number of carbonyl (C=O) groups is 1. The van der Waals surface area contributed by atoms with Crippen LogP contribution in [-0.4, -0.2) is 19.3 Å². The lowest BCUT2D eigenvalue weighted by Gasteiger charge is -2.11. The molecule has 0 bridgehead atoms. The number of alkyl halides is 3. The summed E-state index contributed by atoms with van der Waals surface area (Å²) < 4.78 is 40.5. The van der Waals surface area contributed by atoms with Gasteiger partial charge < -0.3 is 4.74 Å². The third-order valence-corrected chi connectivity index (χ3v) is 4.09. The molecular formula is C15H25F3O2. The minimum atomic E-state index is -4.01. The van der Waals surface area contributed by atoms with Gasteiger partial charge in [-0.1, -0.05) is 38.5 Å². The fourth-order valence-electron chi connectivity index (χ4n) is 2.60. The second-order valence-electron chi connectivity index (χ2n) is 5.86. The number of hydrogen-bond donors (Lipinski definition) is 0. The quantitative estimate of drug-likeness (QED) is 0.418. The number of ether oxygens (including phenoxy) is 1. The van der Waals surface area contributed by atoms with Crippen LogP contribution in [0.4, 0.5) is 13.2 Å². The molecule has 0 aromatic carbocycles. The Morgan fingerprint density at radius 3 is 1.95 bits per heavy atom. The maximum atomic E-state index is 11.9. The number of carbonyl (C=O) groups excluding carboxylic acids is 1. The zero-order valence-corrected chi connectivity index (χ0v) is 12.2. The Hall–Kier alpha value is -0.740. The Balaban J connectivity index is 1.90. The lowest BCUT2D eigenvalue weighted by atomic mass is 9.97. The first-order chi connectivity index (χ1) is 9.40. The SMILES string of the molecule is COC(=O)C1(CCCCCCCCCC(F)(F)F)CC1. The molecule has 0 aromatic rings. The normalized spacial score (nSPS) is 17.0. The van der Waals surface area contributed by atoms with Gasteiger partial charge in [0.05, 0.1) is 12.5 Å². The van der Waals surface area contributed by atoms with E-state index in [9.17, 15) is 18.0 Å². The molecule has 0 atom stereocenters. The molecule has 2 nitrogen and oxygen atoms in total. The molecule has 0 heterocycles. The van der Waals surface area contributed by atoms with Crippen LogP contribution in [-0.2, 0) is 9.53 Å². The topological polar surface area (TPSA) is 26.3 Å². The monoisotopic (exact) mass is 294 g/mol. The molecule has 0 radical (unpaired) electrons. The minimum absolute atomic E-state index is 0.0790. The summed E-state index contributed by atoms with van der Waals surface area (Å²) in [6, 6.07) is 0. The lowest BCUT2D eigenvalue weighted by Crippen LogP contribution is -2.17. The van der Waals surface area contributed by atoms with E-state index in [1.807, 2.05) is 0 Å². The Bertz CT molecular complexity index is 296. The van der Waals surface area contributed by atoms with Crippen LogP contribution in [0.5, 0.6) is 0 Å². The number of halogens is 3. The first-order valence-corrected chi connectivity index (χ1v) is 7.55. The summed E-state index contributed by atoms with van der Waals surface area (Å²) >= 11 is 0. The van der Waals surface area contributed by atoms with Gasteiger partial charge in [0.1, 0.15) is 0 Å². The van der Waals surface area contributed by atoms with E-state index in [-0.39, 0.29) is 17.8 Å². The van der Waals surface area contributed by atoms with E-state index >= 15 is 0 Å². The van der Waals surface area contributed by atoms with Crippen molar-refractivity contribution in [1.82, 2.24) is 0 Å². The molecule has 0 unspecified atom stereocenters. The number of rotatable bonds is 10.